The Kier molecular flexibility index (Phi) is 11.9. The second-order valence-electron chi connectivity index (χ2n) is 11.0. The van der Waals surface area contributed by atoms with Gasteiger partial charge in [-0.2, -0.15) is 0 Å². The Morgan fingerprint density at radius 3 is 1.98 bits per heavy atom. The van der Waals surface area contributed by atoms with Crippen LogP contribution >= 0.6 is 0 Å². The van der Waals surface area contributed by atoms with Crippen LogP contribution in [-0.4, -0.2) is 182 Å². The van der Waals surface area contributed by atoms with E-state index >= 15 is 0 Å². The first-order valence-electron chi connectivity index (χ1n) is 13.7. The SMILES string of the molecule is C[C@H]1O[C@@H](O[C@@H]2C(O)[C@H](O)C(N=C(N)N)C(O)[C@@H]2N=C(N)N)C(O[C@@H]2OC(CO)[C@H](O)[C@H](O)C2N(C)CCN)[C@]1(O)CO. The third-order valence-electron chi connectivity index (χ3n) is 8.12. The smallest absolute Gasteiger partial charge is 0.187 e. The van der Waals surface area contributed by atoms with Gasteiger partial charge in [0.25, 0.3) is 0 Å². The Balaban J connectivity index is 2.00. The van der Waals surface area contributed by atoms with Crippen LogP contribution in [-0.2, 0) is 18.9 Å². The van der Waals surface area contributed by atoms with Crippen molar-refractivity contribution < 1.29 is 59.8 Å². The van der Waals surface area contributed by atoms with Gasteiger partial charge >= 0.3 is 0 Å². The number of hydrogen-bond donors (Lipinski definition) is 13. The lowest BCUT2D eigenvalue weighted by atomic mass is 9.81. The van der Waals surface area contributed by atoms with Crippen LogP contribution < -0.4 is 28.7 Å². The van der Waals surface area contributed by atoms with Gasteiger partial charge in [0.1, 0.15) is 66.5 Å². The van der Waals surface area contributed by atoms with Gasteiger partial charge in [-0.25, -0.2) is 9.98 Å². The van der Waals surface area contributed by atoms with Gasteiger partial charge < -0.3 is 88.5 Å². The molecule has 0 radical (unpaired) electrons. The minimum atomic E-state index is -2.18. The van der Waals surface area contributed by atoms with E-state index in [0.717, 1.165) is 0 Å². The number of hydrogen-bond acceptors (Lipinski definition) is 16. The van der Waals surface area contributed by atoms with Crippen LogP contribution in [0, 0.1) is 0 Å². The van der Waals surface area contributed by atoms with Gasteiger partial charge in [0.15, 0.2) is 24.5 Å². The maximum atomic E-state index is 11.4. The molecule has 15 atom stereocenters. The number of aliphatic hydroxyl groups excluding tert-OH is 7. The highest BCUT2D eigenvalue weighted by Gasteiger charge is 2.60. The summed E-state index contributed by atoms with van der Waals surface area (Å²) in [5.41, 5.74) is 25.4. The van der Waals surface area contributed by atoms with E-state index < -0.39 is 116 Å². The Morgan fingerprint density at radius 1 is 0.837 bits per heavy atom. The first kappa shape index (κ1) is 35.5. The summed E-state index contributed by atoms with van der Waals surface area (Å²) < 4.78 is 23.6. The molecule has 2 saturated heterocycles. The molecular weight excluding hydrogens is 580 g/mol. The van der Waals surface area contributed by atoms with Gasteiger partial charge in [0.2, 0.25) is 0 Å². The van der Waals surface area contributed by atoms with E-state index in [1.165, 1.54) is 11.8 Å². The number of nitrogens with zero attached hydrogens (tertiary/aromatic N) is 3. The summed E-state index contributed by atoms with van der Waals surface area (Å²) in [6.45, 7) is 0.137. The van der Waals surface area contributed by atoms with Crippen LogP contribution in [0.2, 0.25) is 0 Å². The Bertz CT molecular complexity index is 977. The fourth-order valence-corrected chi connectivity index (χ4v) is 5.67. The number of nitrogens with two attached hydrogens (primary N) is 5. The topological polar surface area (TPSA) is 357 Å². The Hall–Kier alpha value is -2.02. The van der Waals surface area contributed by atoms with Crippen LogP contribution in [0.3, 0.4) is 0 Å². The molecule has 1 saturated carbocycles. The molecular formula is C23H46N8O12. The molecule has 20 heteroatoms. The third kappa shape index (κ3) is 7.12. The van der Waals surface area contributed by atoms with Crippen molar-refractivity contribution in [2.24, 2.45) is 38.7 Å². The first-order valence-corrected chi connectivity index (χ1v) is 13.7. The largest absolute Gasteiger partial charge is 0.394 e. The van der Waals surface area contributed by atoms with Crippen molar-refractivity contribution in [1.82, 2.24) is 4.90 Å². The zero-order valence-corrected chi connectivity index (χ0v) is 23.9. The number of rotatable bonds is 11. The Labute approximate surface area is 247 Å². The summed E-state index contributed by atoms with van der Waals surface area (Å²) in [5, 5.41) is 85.6. The van der Waals surface area contributed by atoms with Crippen molar-refractivity contribution in [3.05, 3.63) is 0 Å². The van der Waals surface area contributed by atoms with E-state index in [1.807, 2.05) is 0 Å². The van der Waals surface area contributed by atoms with Gasteiger partial charge in [0, 0.05) is 13.1 Å². The lowest BCUT2D eigenvalue weighted by Crippen LogP contribution is -2.67. The van der Waals surface area contributed by atoms with Crippen molar-refractivity contribution in [2.45, 2.75) is 98.2 Å². The van der Waals surface area contributed by atoms with Crippen LogP contribution in [0.4, 0.5) is 0 Å². The highest BCUT2D eigenvalue weighted by Crippen LogP contribution is 2.39. The predicted molar refractivity (Wildman–Crippen MR) is 147 cm³/mol. The van der Waals surface area contributed by atoms with Crippen LogP contribution in [0.5, 0.6) is 0 Å². The molecule has 0 bridgehead atoms. The molecule has 0 aromatic rings. The monoisotopic (exact) mass is 626 g/mol. The number of likely N-dealkylation sites (N-methyl/N-ethyl adjacent to an activating group) is 1. The lowest BCUT2D eigenvalue weighted by Gasteiger charge is -2.47. The predicted octanol–water partition coefficient (Wildman–Crippen LogP) is -8.70. The molecule has 0 aromatic heterocycles. The molecule has 1 aliphatic carbocycles. The Morgan fingerprint density at radius 2 is 1.44 bits per heavy atom. The van der Waals surface area contributed by atoms with Crippen LogP contribution in [0.1, 0.15) is 6.92 Å². The third-order valence-corrected chi connectivity index (χ3v) is 8.12. The standard InChI is InChI=1S/C23H46N8O12/c1-7-23(39,6-33)18(43-19-11(31(2)4-3-24)15(37)12(34)8(5-32)41-19)20(40-7)42-17-10(30-22(27)28)13(35)9(29-21(25)26)14(36)16(17)38/h7-20,32-39H,3-6,24H2,1-2H3,(H4,25,26,29)(H4,27,28,30)/t7-,8?,9?,10+,11?,12+,13?,14-,15-,16?,17+,18?,19+,20+,23+/m1/s1. The molecule has 6 unspecified atom stereocenters. The van der Waals surface area contributed by atoms with Gasteiger partial charge in [-0.3, -0.25) is 4.90 Å². The number of aliphatic imine (C=N–C) groups is 2. The summed E-state index contributed by atoms with van der Waals surface area (Å²) in [4.78, 5) is 9.23. The number of aliphatic hydroxyl groups is 8. The zero-order chi connectivity index (χ0) is 32.4. The van der Waals surface area contributed by atoms with E-state index in [9.17, 15) is 40.9 Å². The molecule has 2 aliphatic heterocycles. The van der Waals surface area contributed by atoms with Gasteiger partial charge in [-0.15, -0.1) is 0 Å². The second-order valence-corrected chi connectivity index (χ2v) is 11.0. The molecule has 3 rings (SSSR count). The maximum absolute atomic E-state index is 11.4. The number of guanidine groups is 2. The van der Waals surface area contributed by atoms with Gasteiger partial charge in [-0.1, -0.05) is 0 Å². The molecule has 0 aromatic carbocycles. The normalized spacial score (nSPS) is 45.2. The first-order chi connectivity index (χ1) is 20.1. The van der Waals surface area contributed by atoms with Crippen molar-refractivity contribution in [3.8, 4) is 0 Å². The summed E-state index contributed by atoms with van der Waals surface area (Å²) in [6.07, 6.45) is -17.2. The highest BCUT2D eigenvalue weighted by atomic mass is 16.8. The van der Waals surface area contributed by atoms with Crippen molar-refractivity contribution in [1.29, 1.82) is 0 Å². The highest BCUT2D eigenvalue weighted by molar-refractivity contribution is 5.76. The lowest BCUT2D eigenvalue weighted by molar-refractivity contribution is -0.327. The fraction of sp³-hybridized carbons (Fsp3) is 0.913. The van der Waals surface area contributed by atoms with E-state index in [2.05, 4.69) is 9.98 Å². The van der Waals surface area contributed by atoms with E-state index in [-0.39, 0.29) is 13.1 Å². The summed E-state index contributed by atoms with van der Waals surface area (Å²) >= 11 is 0. The van der Waals surface area contributed by atoms with Gasteiger partial charge in [0.05, 0.1) is 25.4 Å². The summed E-state index contributed by atoms with van der Waals surface area (Å²) in [5.74, 6) is -1.02. The molecule has 3 aliphatic rings. The molecule has 18 N–H and O–H groups in total. The van der Waals surface area contributed by atoms with Crippen molar-refractivity contribution >= 4 is 11.9 Å². The van der Waals surface area contributed by atoms with E-state index in [4.69, 9.17) is 47.6 Å². The zero-order valence-electron chi connectivity index (χ0n) is 23.9. The average molecular weight is 627 g/mol. The van der Waals surface area contributed by atoms with Gasteiger partial charge in [-0.05, 0) is 14.0 Å². The van der Waals surface area contributed by atoms with Crippen molar-refractivity contribution in [3.63, 3.8) is 0 Å². The number of ether oxygens (including phenoxy) is 4. The average Bonchev–Trinajstić information content (AvgIpc) is 3.17. The quantitative estimate of drug-likeness (QED) is 0.0747. The van der Waals surface area contributed by atoms with E-state index in [0.29, 0.717) is 0 Å². The minimum absolute atomic E-state index is 0.152. The fourth-order valence-electron chi connectivity index (χ4n) is 5.67. The molecule has 2 heterocycles. The summed E-state index contributed by atoms with van der Waals surface area (Å²) in [6, 6.07) is -4.04. The molecule has 0 amide bonds. The molecule has 20 nitrogen and oxygen atoms in total. The molecule has 43 heavy (non-hydrogen) atoms. The van der Waals surface area contributed by atoms with Crippen molar-refractivity contribution in [2.75, 3.05) is 33.4 Å². The second kappa shape index (κ2) is 14.4. The molecule has 3 fully saturated rings. The van der Waals surface area contributed by atoms with Crippen LogP contribution in [0.15, 0.2) is 9.98 Å². The molecule has 250 valence electrons. The summed E-state index contributed by atoms with van der Waals surface area (Å²) in [7, 11) is 1.57. The van der Waals surface area contributed by atoms with E-state index in [1.54, 1.807) is 7.05 Å². The minimum Gasteiger partial charge on any atom is -0.394 e. The molecule has 0 spiro atoms. The van der Waals surface area contributed by atoms with Crippen LogP contribution in [0.25, 0.3) is 0 Å². The maximum Gasteiger partial charge on any atom is 0.187 e.